The molecule has 0 unspecified atom stereocenters. The van der Waals surface area contributed by atoms with Crippen LogP contribution in [0.3, 0.4) is 0 Å². The lowest BCUT2D eigenvalue weighted by atomic mass is 10.2. The van der Waals surface area contributed by atoms with Crippen LogP contribution in [0.1, 0.15) is 16.1 Å². The summed E-state index contributed by atoms with van der Waals surface area (Å²) in [6, 6.07) is 13.2. The van der Waals surface area contributed by atoms with Crippen LogP contribution < -0.4 is 5.32 Å². The molecule has 0 aliphatic rings. The van der Waals surface area contributed by atoms with Crippen molar-refractivity contribution < 1.29 is 9.18 Å². The van der Waals surface area contributed by atoms with Gasteiger partial charge in [-0.3, -0.25) is 4.79 Å². The van der Waals surface area contributed by atoms with Crippen LogP contribution >= 0.6 is 15.9 Å². The molecule has 3 aromatic rings. The first-order valence-corrected chi connectivity index (χ1v) is 7.71. The monoisotopic (exact) mass is 373 g/mol. The van der Waals surface area contributed by atoms with Crippen LogP contribution in [0.4, 0.5) is 10.1 Å². The molecule has 0 atom stereocenters. The second kappa shape index (κ2) is 6.34. The number of benzene rings is 2. The van der Waals surface area contributed by atoms with E-state index in [-0.39, 0.29) is 17.4 Å². The standard InChI is InChI=1S/C17H13BrFN3O/c1-11-5-6-13(10-15(11)18)20-17(23)16-7-8-22(21-16)14-4-2-3-12(19)9-14/h2-10H,1H3,(H,20,23). The molecule has 6 heteroatoms. The number of amides is 1. The molecule has 3 rings (SSSR count). The first kappa shape index (κ1) is 15.4. The minimum atomic E-state index is -0.353. The third-order valence-electron chi connectivity index (χ3n) is 3.32. The zero-order chi connectivity index (χ0) is 16.4. The summed E-state index contributed by atoms with van der Waals surface area (Å²) in [5.74, 6) is -0.676. The molecule has 1 amide bonds. The van der Waals surface area contributed by atoms with E-state index in [9.17, 15) is 9.18 Å². The van der Waals surface area contributed by atoms with E-state index < -0.39 is 0 Å². The zero-order valence-electron chi connectivity index (χ0n) is 12.3. The normalized spacial score (nSPS) is 10.6. The highest BCUT2D eigenvalue weighted by Gasteiger charge is 2.11. The Labute approximate surface area is 141 Å². The molecule has 0 aliphatic heterocycles. The number of anilines is 1. The van der Waals surface area contributed by atoms with Gasteiger partial charge in [0.25, 0.3) is 5.91 Å². The predicted octanol–water partition coefficient (Wildman–Crippen LogP) is 4.33. The number of hydrogen-bond donors (Lipinski definition) is 1. The van der Waals surface area contributed by atoms with Gasteiger partial charge in [-0.15, -0.1) is 0 Å². The van der Waals surface area contributed by atoms with Crippen LogP contribution in [0.2, 0.25) is 0 Å². The third kappa shape index (κ3) is 3.48. The maximum atomic E-state index is 13.3. The minimum absolute atomic E-state index is 0.256. The fourth-order valence-corrected chi connectivity index (χ4v) is 2.45. The Morgan fingerprint density at radius 2 is 2.04 bits per heavy atom. The second-order valence-corrected chi connectivity index (χ2v) is 5.90. The number of nitrogens with one attached hydrogen (secondary N) is 1. The molecular formula is C17H13BrFN3O. The Balaban J connectivity index is 1.79. The summed E-state index contributed by atoms with van der Waals surface area (Å²) in [5, 5.41) is 6.97. The molecule has 1 heterocycles. The van der Waals surface area contributed by atoms with E-state index in [1.807, 2.05) is 25.1 Å². The Hall–Kier alpha value is -2.47. The van der Waals surface area contributed by atoms with Gasteiger partial charge in [0.2, 0.25) is 0 Å². The van der Waals surface area contributed by atoms with Crippen LogP contribution in [0.25, 0.3) is 5.69 Å². The fourth-order valence-electron chi connectivity index (χ4n) is 2.07. The maximum Gasteiger partial charge on any atom is 0.276 e. The van der Waals surface area contributed by atoms with Gasteiger partial charge in [0, 0.05) is 16.4 Å². The summed E-state index contributed by atoms with van der Waals surface area (Å²) < 4.78 is 15.6. The van der Waals surface area contributed by atoms with E-state index in [1.54, 1.807) is 24.4 Å². The molecule has 0 spiro atoms. The molecule has 0 saturated heterocycles. The number of aryl methyl sites for hydroxylation is 1. The summed E-state index contributed by atoms with van der Waals surface area (Å²) in [4.78, 5) is 12.2. The largest absolute Gasteiger partial charge is 0.321 e. The summed E-state index contributed by atoms with van der Waals surface area (Å²) in [5.41, 5.74) is 2.57. The molecule has 0 saturated carbocycles. The van der Waals surface area contributed by atoms with Crippen molar-refractivity contribution in [3.05, 3.63) is 76.3 Å². The van der Waals surface area contributed by atoms with Crippen LogP contribution in [-0.4, -0.2) is 15.7 Å². The van der Waals surface area contributed by atoms with E-state index in [4.69, 9.17) is 0 Å². The topological polar surface area (TPSA) is 46.9 Å². The molecule has 23 heavy (non-hydrogen) atoms. The molecule has 1 N–H and O–H groups in total. The highest BCUT2D eigenvalue weighted by Crippen LogP contribution is 2.21. The SMILES string of the molecule is Cc1ccc(NC(=O)c2ccn(-c3cccc(F)c3)n2)cc1Br. The predicted molar refractivity (Wildman–Crippen MR) is 90.4 cm³/mol. The van der Waals surface area contributed by atoms with E-state index in [0.29, 0.717) is 11.4 Å². The number of halogens is 2. The summed E-state index contributed by atoms with van der Waals surface area (Å²) in [6.45, 7) is 1.97. The van der Waals surface area contributed by atoms with Gasteiger partial charge in [-0.25, -0.2) is 9.07 Å². The van der Waals surface area contributed by atoms with Crippen LogP contribution in [0.5, 0.6) is 0 Å². The van der Waals surface area contributed by atoms with E-state index >= 15 is 0 Å². The average Bonchev–Trinajstić information content (AvgIpc) is 3.01. The molecule has 2 aromatic carbocycles. The molecule has 1 aromatic heterocycles. The van der Waals surface area contributed by atoms with E-state index in [1.165, 1.54) is 16.8 Å². The molecular weight excluding hydrogens is 361 g/mol. The van der Waals surface area contributed by atoms with Crippen molar-refractivity contribution in [1.82, 2.24) is 9.78 Å². The van der Waals surface area contributed by atoms with Gasteiger partial charge in [0.1, 0.15) is 5.82 Å². The van der Waals surface area contributed by atoms with E-state index in [0.717, 1.165) is 10.0 Å². The lowest BCUT2D eigenvalue weighted by Gasteiger charge is -2.05. The fraction of sp³-hybridized carbons (Fsp3) is 0.0588. The van der Waals surface area contributed by atoms with Gasteiger partial charge in [0.05, 0.1) is 5.69 Å². The molecule has 0 bridgehead atoms. The van der Waals surface area contributed by atoms with Crippen molar-refractivity contribution in [3.63, 3.8) is 0 Å². The lowest BCUT2D eigenvalue weighted by molar-refractivity contribution is 0.102. The van der Waals surface area contributed by atoms with Gasteiger partial charge in [-0.05, 0) is 48.9 Å². The average molecular weight is 374 g/mol. The summed E-state index contributed by atoms with van der Waals surface area (Å²) in [7, 11) is 0. The van der Waals surface area contributed by atoms with Crippen molar-refractivity contribution in [2.45, 2.75) is 6.92 Å². The number of carbonyl (C=O) groups is 1. The van der Waals surface area contributed by atoms with Crippen LogP contribution in [0.15, 0.2) is 59.2 Å². The molecule has 0 fully saturated rings. The third-order valence-corrected chi connectivity index (χ3v) is 4.18. The van der Waals surface area contributed by atoms with Crippen molar-refractivity contribution >= 4 is 27.5 Å². The zero-order valence-corrected chi connectivity index (χ0v) is 13.8. The summed E-state index contributed by atoms with van der Waals surface area (Å²) >= 11 is 3.43. The van der Waals surface area contributed by atoms with Gasteiger partial charge in [-0.1, -0.05) is 28.1 Å². The highest BCUT2D eigenvalue weighted by atomic mass is 79.9. The minimum Gasteiger partial charge on any atom is -0.321 e. The smallest absolute Gasteiger partial charge is 0.276 e. The Morgan fingerprint density at radius 3 is 2.78 bits per heavy atom. The second-order valence-electron chi connectivity index (χ2n) is 5.04. The highest BCUT2D eigenvalue weighted by molar-refractivity contribution is 9.10. The first-order chi connectivity index (χ1) is 11.0. The summed E-state index contributed by atoms with van der Waals surface area (Å²) in [6.07, 6.45) is 1.62. The van der Waals surface area contributed by atoms with Gasteiger partial charge < -0.3 is 5.32 Å². The number of hydrogen-bond acceptors (Lipinski definition) is 2. The van der Waals surface area contributed by atoms with Crippen LogP contribution in [0, 0.1) is 12.7 Å². The Kier molecular flexibility index (Phi) is 4.25. The van der Waals surface area contributed by atoms with Gasteiger partial charge >= 0.3 is 0 Å². The molecule has 0 aliphatic carbocycles. The number of carbonyl (C=O) groups excluding carboxylic acids is 1. The molecule has 4 nitrogen and oxygen atoms in total. The number of nitrogens with zero attached hydrogens (tertiary/aromatic N) is 2. The maximum absolute atomic E-state index is 13.3. The quantitative estimate of drug-likeness (QED) is 0.742. The lowest BCUT2D eigenvalue weighted by Crippen LogP contribution is -2.13. The van der Waals surface area contributed by atoms with Gasteiger partial charge in [-0.2, -0.15) is 5.10 Å². The van der Waals surface area contributed by atoms with Crippen molar-refractivity contribution in [1.29, 1.82) is 0 Å². The van der Waals surface area contributed by atoms with Crippen molar-refractivity contribution in [2.24, 2.45) is 0 Å². The molecule has 0 radical (unpaired) electrons. The first-order valence-electron chi connectivity index (χ1n) is 6.92. The number of aromatic nitrogens is 2. The molecule has 116 valence electrons. The van der Waals surface area contributed by atoms with Gasteiger partial charge in [0.15, 0.2) is 5.69 Å². The Bertz CT molecular complexity index is 876. The Morgan fingerprint density at radius 1 is 1.22 bits per heavy atom. The number of rotatable bonds is 3. The van der Waals surface area contributed by atoms with Crippen molar-refractivity contribution in [3.8, 4) is 5.69 Å². The van der Waals surface area contributed by atoms with Crippen molar-refractivity contribution in [2.75, 3.05) is 5.32 Å². The van der Waals surface area contributed by atoms with Crippen LogP contribution in [-0.2, 0) is 0 Å². The van der Waals surface area contributed by atoms with E-state index in [2.05, 4.69) is 26.3 Å².